The van der Waals surface area contributed by atoms with Crippen LogP contribution in [0.25, 0.3) is 11.1 Å². The highest BCUT2D eigenvalue weighted by molar-refractivity contribution is 6.09. The van der Waals surface area contributed by atoms with E-state index in [1.165, 1.54) is 5.56 Å². The third-order valence-corrected chi connectivity index (χ3v) is 4.61. The van der Waals surface area contributed by atoms with Gasteiger partial charge in [-0.25, -0.2) is 0 Å². The van der Waals surface area contributed by atoms with Gasteiger partial charge in [0, 0.05) is 11.1 Å². The highest BCUT2D eigenvalue weighted by Gasteiger charge is 2.10. The first-order valence-corrected chi connectivity index (χ1v) is 8.49. The van der Waals surface area contributed by atoms with Crippen molar-refractivity contribution in [2.24, 2.45) is 0 Å². The number of hydrogen-bond acceptors (Lipinski definition) is 1. The highest BCUT2D eigenvalue weighted by atomic mass is 16.1. The van der Waals surface area contributed by atoms with Crippen LogP contribution in [0.15, 0.2) is 78.9 Å². The molecular formula is C23H22O. The molecule has 0 heterocycles. The van der Waals surface area contributed by atoms with E-state index in [1.807, 2.05) is 54.6 Å². The number of ketones is 1. The summed E-state index contributed by atoms with van der Waals surface area (Å²) in [6, 6.07) is 26.1. The van der Waals surface area contributed by atoms with Crippen molar-refractivity contribution in [1.82, 2.24) is 0 Å². The third-order valence-electron chi connectivity index (χ3n) is 4.61. The standard InChI is InChI=1S/C23H22O/c1-3-17(2)18-9-13-21(14-10-18)23(24)22-15-11-20(12-16-22)19-7-5-4-6-8-19/h4-17H,3H2,1-2H3. The molecule has 3 aromatic carbocycles. The Morgan fingerprint density at radius 2 is 1.25 bits per heavy atom. The second-order valence-corrected chi connectivity index (χ2v) is 6.20. The van der Waals surface area contributed by atoms with E-state index in [4.69, 9.17) is 0 Å². The fourth-order valence-electron chi connectivity index (χ4n) is 2.81. The molecule has 24 heavy (non-hydrogen) atoms. The van der Waals surface area contributed by atoms with Crippen molar-refractivity contribution in [2.45, 2.75) is 26.2 Å². The predicted octanol–water partition coefficient (Wildman–Crippen LogP) is 6.10. The first kappa shape index (κ1) is 16.2. The Kier molecular flexibility index (Phi) is 4.90. The van der Waals surface area contributed by atoms with Crippen LogP contribution in [0, 0.1) is 0 Å². The van der Waals surface area contributed by atoms with Crippen LogP contribution >= 0.6 is 0 Å². The van der Waals surface area contributed by atoms with Gasteiger partial charge >= 0.3 is 0 Å². The van der Waals surface area contributed by atoms with E-state index in [0.717, 1.165) is 28.7 Å². The van der Waals surface area contributed by atoms with Crippen molar-refractivity contribution in [3.8, 4) is 11.1 Å². The van der Waals surface area contributed by atoms with Gasteiger partial charge in [0.1, 0.15) is 0 Å². The Morgan fingerprint density at radius 3 is 1.79 bits per heavy atom. The summed E-state index contributed by atoms with van der Waals surface area (Å²) in [7, 11) is 0. The summed E-state index contributed by atoms with van der Waals surface area (Å²) in [5, 5.41) is 0. The van der Waals surface area contributed by atoms with Crippen molar-refractivity contribution in [1.29, 1.82) is 0 Å². The normalized spacial score (nSPS) is 11.9. The Hall–Kier alpha value is -2.67. The second kappa shape index (κ2) is 7.27. The molecular weight excluding hydrogens is 292 g/mol. The molecule has 0 aliphatic heterocycles. The Balaban J connectivity index is 1.80. The molecule has 0 bridgehead atoms. The quantitative estimate of drug-likeness (QED) is 0.520. The Labute approximate surface area is 144 Å². The van der Waals surface area contributed by atoms with Gasteiger partial charge in [-0.1, -0.05) is 92.7 Å². The lowest BCUT2D eigenvalue weighted by atomic mass is 9.95. The molecule has 3 aromatic rings. The molecule has 0 saturated carbocycles. The first-order chi connectivity index (χ1) is 11.7. The number of carbonyl (C=O) groups excluding carboxylic acids is 1. The lowest BCUT2D eigenvalue weighted by Crippen LogP contribution is -2.02. The van der Waals surface area contributed by atoms with Crippen LogP contribution in [0.5, 0.6) is 0 Å². The predicted molar refractivity (Wildman–Crippen MR) is 100 cm³/mol. The largest absolute Gasteiger partial charge is 0.289 e. The zero-order chi connectivity index (χ0) is 16.9. The summed E-state index contributed by atoms with van der Waals surface area (Å²) < 4.78 is 0. The van der Waals surface area contributed by atoms with Gasteiger partial charge in [-0.05, 0) is 29.0 Å². The molecule has 0 spiro atoms. The van der Waals surface area contributed by atoms with Gasteiger partial charge in [-0.3, -0.25) is 4.79 Å². The van der Waals surface area contributed by atoms with Gasteiger partial charge in [0.2, 0.25) is 0 Å². The molecule has 0 aromatic heterocycles. The van der Waals surface area contributed by atoms with E-state index in [2.05, 4.69) is 38.1 Å². The topological polar surface area (TPSA) is 17.1 Å². The van der Waals surface area contributed by atoms with E-state index < -0.39 is 0 Å². The first-order valence-electron chi connectivity index (χ1n) is 8.49. The van der Waals surface area contributed by atoms with Gasteiger partial charge in [-0.2, -0.15) is 0 Å². The van der Waals surface area contributed by atoms with Crippen molar-refractivity contribution < 1.29 is 4.79 Å². The number of rotatable bonds is 5. The van der Waals surface area contributed by atoms with Gasteiger partial charge in [0.25, 0.3) is 0 Å². The molecule has 3 rings (SSSR count). The van der Waals surface area contributed by atoms with Crippen LogP contribution in [0.2, 0.25) is 0 Å². The maximum absolute atomic E-state index is 12.6. The van der Waals surface area contributed by atoms with E-state index in [0.29, 0.717) is 5.92 Å². The smallest absolute Gasteiger partial charge is 0.193 e. The maximum Gasteiger partial charge on any atom is 0.193 e. The molecule has 1 nitrogen and oxygen atoms in total. The monoisotopic (exact) mass is 314 g/mol. The van der Waals surface area contributed by atoms with Gasteiger partial charge in [0.05, 0.1) is 0 Å². The van der Waals surface area contributed by atoms with Crippen LogP contribution in [0.4, 0.5) is 0 Å². The van der Waals surface area contributed by atoms with Crippen molar-refractivity contribution in [3.63, 3.8) is 0 Å². The average molecular weight is 314 g/mol. The summed E-state index contributed by atoms with van der Waals surface area (Å²) in [6.45, 7) is 4.39. The maximum atomic E-state index is 12.6. The van der Waals surface area contributed by atoms with Gasteiger partial charge < -0.3 is 0 Å². The molecule has 0 aliphatic rings. The molecule has 1 atom stereocenters. The van der Waals surface area contributed by atoms with Crippen molar-refractivity contribution in [2.75, 3.05) is 0 Å². The molecule has 0 saturated heterocycles. The number of benzene rings is 3. The molecule has 0 aliphatic carbocycles. The summed E-state index contributed by atoms with van der Waals surface area (Å²) in [4.78, 5) is 12.6. The van der Waals surface area contributed by atoms with Crippen LogP contribution in [0.1, 0.15) is 47.7 Å². The molecule has 0 amide bonds. The molecule has 0 radical (unpaired) electrons. The molecule has 1 heteroatoms. The Morgan fingerprint density at radius 1 is 0.750 bits per heavy atom. The molecule has 1 unspecified atom stereocenters. The third kappa shape index (κ3) is 3.46. The SMILES string of the molecule is CCC(C)c1ccc(C(=O)c2ccc(-c3ccccc3)cc2)cc1. The summed E-state index contributed by atoms with van der Waals surface area (Å²) >= 11 is 0. The fraction of sp³-hybridized carbons (Fsp3) is 0.174. The average Bonchev–Trinajstić information content (AvgIpc) is 2.68. The zero-order valence-electron chi connectivity index (χ0n) is 14.2. The lowest BCUT2D eigenvalue weighted by Gasteiger charge is -2.09. The van der Waals surface area contributed by atoms with Crippen molar-refractivity contribution in [3.05, 3.63) is 95.6 Å². The minimum Gasteiger partial charge on any atom is -0.289 e. The number of carbonyl (C=O) groups is 1. The minimum absolute atomic E-state index is 0.0744. The summed E-state index contributed by atoms with van der Waals surface area (Å²) in [6.07, 6.45) is 1.11. The van der Waals surface area contributed by atoms with Crippen LogP contribution in [-0.4, -0.2) is 5.78 Å². The van der Waals surface area contributed by atoms with E-state index in [-0.39, 0.29) is 5.78 Å². The van der Waals surface area contributed by atoms with Crippen molar-refractivity contribution >= 4 is 5.78 Å². The molecule has 0 N–H and O–H groups in total. The van der Waals surface area contributed by atoms with Crippen LogP contribution < -0.4 is 0 Å². The molecule has 120 valence electrons. The number of hydrogen-bond donors (Lipinski definition) is 0. The lowest BCUT2D eigenvalue weighted by molar-refractivity contribution is 0.103. The fourth-order valence-corrected chi connectivity index (χ4v) is 2.81. The highest BCUT2D eigenvalue weighted by Crippen LogP contribution is 2.22. The van der Waals surface area contributed by atoms with Crippen LogP contribution in [-0.2, 0) is 0 Å². The van der Waals surface area contributed by atoms with Gasteiger partial charge in [-0.15, -0.1) is 0 Å². The van der Waals surface area contributed by atoms with E-state index >= 15 is 0 Å². The van der Waals surface area contributed by atoms with Gasteiger partial charge in [0.15, 0.2) is 5.78 Å². The molecule has 0 fully saturated rings. The van der Waals surface area contributed by atoms with Crippen LogP contribution in [0.3, 0.4) is 0 Å². The minimum atomic E-state index is 0.0744. The Bertz CT molecular complexity index is 799. The van der Waals surface area contributed by atoms with E-state index in [1.54, 1.807) is 0 Å². The summed E-state index contributed by atoms with van der Waals surface area (Å²) in [5.41, 5.74) is 5.04. The zero-order valence-corrected chi connectivity index (χ0v) is 14.2. The second-order valence-electron chi connectivity index (χ2n) is 6.20. The van der Waals surface area contributed by atoms with E-state index in [9.17, 15) is 4.79 Å². The summed E-state index contributed by atoms with van der Waals surface area (Å²) in [5.74, 6) is 0.602.